The van der Waals surface area contributed by atoms with Crippen molar-refractivity contribution in [2.24, 2.45) is 4.99 Å². The third-order valence-electron chi connectivity index (χ3n) is 2.66. The average Bonchev–Trinajstić information content (AvgIpc) is 2.45. The van der Waals surface area contributed by atoms with Crippen molar-refractivity contribution in [3.05, 3.63) is 35.4 Å². The van der Waals surface area contributed by atoms with Crippen LogP contribution in [0.1, 0.15) is 12.5 Å². The molecule has 0 heterocycles. The Bertz CT molecular complexity index is 438. The number of halogens is 2. The minimum atomic E-state index is -0.430. The summed E-state index contributed by atoms with van der Waals surface area (Å²) in [5.74, 6) is -0.213. The first-order valence-corrected chi connectivity index (χ1v) is 6.63. The summed E-state index contributed by atoms with van der Waals surface area (Å²) in [5, 5.41) is 6.10. The summed E-state index contributed by atoms with van der Waals surface area (Å²) < 4.78 is 31.6. The Morgan fingerprint density at radius 2 is 2.00 bits per heavy atom. The van der Waals surface area contributed by atoms with Gasteiger partial charge in [-0.3, -0.25) is 4.99 Å². The van der Waals surface area contributed by atoms with Gasteiger partial charge in [0.25, 0.3) is 0 Å². The fraction of sp³-hybridized carbons (Fsp3) is 0.500. The Morgan fingerprint density at radius 3 is 2.70 bits per heavy atom. The monoisotopic (exact) mass is 285 g/mol. The standard InChI is InChI=1S/C14H21F2N3O/c1-3-20-9-8-19-14(17-2)18-7-6-11-10-12(15)4-5-13(11)16/h4-5,10H,3,6-9H2,1-2H3,(H2,17,18,19). The van der Waals surface area contributed by atoms with Crippen molar-refractivity contribution in [2.75, 3.05) is 33.4 Å². The van der Waals surface area contributed by atoms with E-state index in [0.29, 0.717) is 44.2 Å². The number of ether oxygens (including phenoxy) is 1. The highest BCUT2D eigenvalue weighted by molar-refractivity contribution is 5.79. The molecule has 0 aromatic heterocycles. The molecule has 6 heteroatoms. The van der Waals surface area contributed by atoms with Crippen LogP contribution in [0.5, 0.6) is 0 Å². The maximum absolute atomic E-state index is 13.4. The van der Waals surface area contributed by atoms with Crippen molar-refractivity contribution >= 4 is 5.96 Å². The zero-order chi connectivity index (χ0) is 14.8. The fourth-order valence-electron chi connectivity index (χ4n) is 1.66. The van der Waals surface area contributed by atoms with Gasteiger partial charge >= 0.3 is 0 Å². The summed E-state index contributed by atoms with van der Waals surface area (Å²) in [6.07, 6.45) is 0.385. The van der Waals surface area contributed by atoms with Gasteiger partial charge in [0.1, 0.15) is 11.6 Å². The summed E-state index contributed by atoms with van der Waals surface area (Å²) in [6, 6.07) is 3.46. The molecule has 1 aromatic carbocycles. The van der Waals surface area contributed by atoms with Crippen molar-refractivity contribution in [3.63, 3.8) is 0 Å². The Hall–Kier alpha value is -1.69. The van der Waals surface area contributed by atoms with E-state index in [1.165, 1.54) is 6.07 Å². The van der Waals surface area contributed by atoms with Crippen LogP contribution in [0.15, 0.2) is 23.2 Å². The average molecular weight is 285 g/mol. The second-order valence-electron chi connectivity index (χ2n) is 4.11. The predicted molar refractivity (Wildman–Crippen MR) is 75.9 cm³/mol. The zero-order valence-corrected chi connectivity index (χ0v) is 11.9. The molecule has 0 atom stereocenters. The highest BCUT2D eigenvalue weighted by Crippen LogP contribution is 2.09. The molecule has 4 nitrogen and oxygen atoms in total. The number of nitrogens with zero attached hydrogens (tertiary/aromatic N) is 1. The van der Waals surface area contributed by atoms with E-state index in [9.17, 15) is 8.78 Å². The number of hydrogen-bond donors (Lipinski definition) is 2. The highest BCUT2D eigenvalue weighted by Gasteiger charge is 2.04. The molecular weight excluding hydrogens is 264 g/mol. The van der Waals surface area contributed by atoms with Crippen LogP contribution in [0.2, 0.25) is 0 Å². The fourth-order valence-corrected chi connectivity index (χ4v) is 1.66. The van der Waals surface area contributed by atoms with Crippen LogP contribution in [-0.2, 0) is 11.2 Å². The number of hydrogen-bond acceptors (Lipinski definition) is 2. The van der Waals surface area contributed by atoms with Gasteiger partial charge in [0.05, 0.1) is 6.61 Å². The van der Waals surface area contributed by atoms with Crippen LogP contribution >= 0.6 is 0 Å². The normalized spacial score (nSPS) is 11.5. The van der Waals surface area contributed by atoms with Crippen molar-refractivity contribution in [2.45, 2.75) is 13.3 Å². The van der Waals surface area contributed by atoms with Gasteiger partial charge < -0.3 is 15.4 Å². The van der Waals surface area contributed by atoms with Gasteiger partial charge in [-0.05, 0) is 37.1 Å². The summed E-state index contributed by atoms with van der Waals surface area (Å²) in [5.41, 5.74) is 0.349. The van der Waals surface area contributed by atoms with E-state index < -0.39 is 11.6 Å². The van der Waals surface area contributed by atoms with E-state index in [4.69, 9.17) is 4.74 Å². The lowest BCUT2D eigenvalue weighted by molar-refractivity contribution is 0.152. The van der Waals surface area contributed by atoms with Crippen molar-refractivity contribution < 1.29 is 13.5 Å². The molecular formula is C14H21F2N3O. The molecule has 0 aliphatic heterocycles. The quantitative estimate of drug-likeness (QED) is 0.455. The molecule has 112 valence electrons. The lowest BCUT2D eigenvalue weighted by Crippen LogP contribution is -2.39. The van der Waals surface area contributed by atoms with E-state index in [1.54, 1.807) is 7.05 Å². The summed E-state index contributed by atoms with van der Waals surface area (Å²) >= 11 is 0. The van der Waals surface area contributed by atoms with Crippen LogP contribution in [0.4, 0.5) is 8.78 Å². The van der Waals surface area contributed by atoms with Crippen LogP contribution in [0, 0.1) is 11.6 Å². The number of guanidine groups is 1. The second kappa shape index (κ2) is 9.25. The maximum atomic E-state index is 13.4. The molecule has 0 aliphatic rings. The topological polar surface area (TPSA) is 45.6 Å². The first kappa shape index (κ1) is 16.4. The van der Waals surface area contributed by atoms with Crippen LogP contribution in [0.3, 0.4) is 0 Å². The molecule has 0 saturated carbocycles. The first-order valence-electron chi connectivity index (χ1n) is 6.63. The van der Waals surface area contributed by atoms with Gasteiger partial charge in [0.15, 0.2) is 5.96 Å². The zero-order valence-electron chi connectivity index (χ0n) is 11.9. The summed E-state index contributed by atoms with van der Waals surface area (Å²) in [6.45, 7) is 4.30. The van der Waals surface area contributed by atoms with Gasteiger partial charge in [-0.25, -0.2) is 8.78 Å². The molecule has 20 heavy (non-hydrogen) atoms. The second-order valence-corrected chi connectivity index (χ2v) is 4.11. The van der Waals surface area contributed by atoms with E-state index in [-0.39, 0.29) is 0 Å². The molecule has 0 radical (unpaired) electrons. The van der Waals surface area contributed by atoms with Gasteiger partial charge in [0.2, 0.25) is 0 Å². The van der Waals surface area contributed by atoms with E-state index in [1.807, 2.05) is 6.92 Å². The third kappa shape index (κ3) is 5.97. The smallest absolute Gasteiger partial charge is 0.191 e. The highest BCUT2D eigenvalue weighted by atomic mass is 19.1. The summed E-state index contributed by atoms with van der Waals surface area (Å²) in [7, 11) is 1.65. The molecule has 0 fully saturated rings. The van der Waals surface area contributed by atoms with Crippen LogP contribution in [-0.4, -0.2) is 39.3 Å². The predicted octanol–water partition coefficient (Wildman–Crippen LogP) is 1.71. The van der Waals surface area contributed by atoms with Crippen molar-refractivity contribution in [3.8, 4) is 0 Å². The molecule has 0 amide bonds. The largest absolute Gasteiger partial charge is 0.380 e. The maximum Gasteiger partial charge on any atom is 0.191 e. The minimum absolute atomic E-state index is 0.349. The minimum Gasteiger partial charge on any atom is -0.380 e. The van der Waals surface area contributed by atoms with Gasteiger partial charge in [-0.15, -0.1) is 0 Å². The van der Waals surface area contributed by atoms with Gasteiger partial charge in [-0.2, -0.15) is 0 Å². The number of benzene rings is 1. The molecule has 0 unspecified atom stereocenters. The van der Waals surface area contributed by atoms with Gasteiger partial charge in [-0.1, -0.05) is 0 Å². The summed E-state index contributed by atoms with van der Waals surface area (Å²) in [4.78, 5) is 4.03. The van der Waals surface area contributed by atoms with E-state index in [2.05, 4.69) is 15.6 Å². The third-order valence-corrected chi connectivity index (χ3v) is 2.66. The molecule has 0 bridgehead atoms. The number of aliphatic imine (C=N–C) groups is 1. The van der Waals surface area contributed by atoms with Gasteiger partial charge in [0, 0.05) is 26.7 Å². The number of rotatable bonds is 7. The lowest BCUT2D eigenvalue weighted by atomic mass is 10.1. The number of nitrogens with one attached hydrogen (secondary N) is 2. The molecule has 0 aliphatic carbocycles. The van der Waals surface area contributed by atoms with Crippen LogP contribution in [0.25, 0.3) is 0 Å². The molecule has 2 N–H and O–H groups in total. The first-order chi connectivity index (χ1) is 9.67. The molecule has 0 saturated heterocycles. The Labute approximate surface area is 118 Å². The van der Waals surface area contributed by atoms with Crippen LogP contribution < -0.4 is 10.6 Å². The van der Waals surface area contributed by atoms with Crippen molar-refractivity contribution in [1.29, 1.82) is 0 Å². The lowest BCUT2D eigenvalue weighted by Gasteiger charge is -2.12. The Morgan fingerprint density at radius 1 is 1.25 bits per heavy atom. The van der Waals surface area contributed by atoms with Crippen molar-refractivity contribution in [1.82, 2.24) is 10.6 Å². The van der Waals surface area contributed by atoms with E-state index >= 15 is 0 Å². The molecule has 1 rings (SSSR count). The molecule has 0 spiro atoms. The molecule has 1 aromatic rings. The van der Waals surface area contributed by atoms with E-state index in [0.717, 1.165) is 12.1 Å². The SMILES string of the molecule is CCOCCNC(=NC)NCCc1cc(F)ccc1F. The Balaban J connectivity index is 2.32. The Kier molecular flexibility index (Phi) is 7.57.